The Balaban J connectivity index is 2.11. The van der Waals surface area contributed by atoms with Crippen LogP contribution < -0.4 is 10.1 Å². The van der Waals surface area contributed by atoms with Gasteiger partial charge in [-0.2, -0.15) is 0 Å². The third kappa shape index (κ3) is 3.26. The maximum Gasteiger partial charge on any atom is 0.334 e. The fourth-order valence-electron chi connectivity index (χ4n) is 2.08. The van der Waals surface area contributed by atoms with Crippen molar-refractivity contribution < 1.29 is 23.9 Å². The molecule has 1 N–H and O–H groups in total. The number of amides is 5. The standard InChI is InChI=1S/C14H14ClN3O5/c1-3-17-12(20)13(21)18(14(17)22)7-11(19)16-9-6-8(15)4-5-10(9)23-2/h4-6H,3,7H2,1-2H3,(H,16,19). The summed E-state index contributed by atoms with van der Waals surface area (Å²) in [5.41, 5.74) is 0.294. The lowest BCUT2D eigenvalue weighted by Gasteiger charge is -2.15. The van der Waals surface area contributed by atoms with Gasteiger partial charge in [0.25, 0.3) is 0 Å². The molecule has 0 aromatic heterocycles. The largest absolute Gasteiger partial charge is 0.495 e. The molecular weight excluding hydrogens is 326 g/mol. The van der Waals surface area contributed by atoms with Crippen LogP contribution in [-0.4, -0.2) is 53.8 Å². The second-order valence-corrected chi connectivity index (χ2v) is 5.05. The van der Waals surface area contributed by atoms with Crippen molar-refractivity contribution in [2.45, 2.75) is 6.92 Å². The van der Waals surface area contributed by atoms with Crippen molar-refractivity contribution in [3.63, 3.8) is 0 Å². The molecule has 2 rings (SSSR count). The van der Waals surface area contributed by atoms with Crippen LogP contribution in [0.1, 0.15) is 6.92 Å². The minimum Gasteiger partial charge on any atom is -0.495 e. The Morgan fingerprint density at radius 2 is 1.87 bits per heavy atom. The summed E-state index contributed by atoms with van der Waals surface area (Å²) in [7, 11) is 1.42. The molecule has 0 atom stereocenters. The van der Waals surface area contributed by atoms with Gasteiger partial charge in [-0.1, -0.05) is 11.6 Å². The van der Waals surface area contributed by atoms with Crippen molar-refractivity contribution in [1.82, 2.24) is 9.80 Å². The molecule has 0 saturated carbocycles. The van der Waals surface area contributed by atoms with Gasteiger partial charge >= 0.3 is 17.8 Å². The maximum absolute atomic E-state index is 12.1. The molecule has 1 fully saturated rings. The Hall–Kier alpha value is -2.61. The predicted molar refractivity (Wildman–Crippen MR) is 81.1 cm³/mol. The van der Waals surface area contributed by atoms with E-state index in [0.717, 1.165) is 4.90 Å². The number of anilines is 1. The van der Waals surface area contributed by atoms with E-state index in [2.05, 4.69) is 5.32 Å². The highest BCUT2D eigenvalue weighted by molar-refractivity contribution is 6.45. The summed E-state index contributed by atoms with van der Waals surface area (Å²) in [5, 5.41) is 2.87. The van der Waals surface area contributed by atoms with Crippen molar-refractivity contribution in [2.24, 2.45) is 0 Å². The molecule has 1 aliphatic heterocycles. The number of nitrogens with zero attached hydrogens (tertiary/aromatic N) is 2. The summed E-state index contributed by atoms with van der Waals surface area (Å²) in [6.07, 6.45) is 0. The van der Waals surface area contributed by atoms with Gasteiger partial charge in [-0.15, -0.1) is 0 Å². The molecule has 1 heterocycles. The number of nitrogens with one attached hydrogen (secondary N) is 1. The predicted octanol–water partition coefficient (Wildman–Crippen LogP) is 1.10. The first-order valence-electron chi connectivity index (χ1n) is 6.69. The molecule has 122 valence electrons. The fraction of sp³-hybridized carbons (Fsp3) is 0.286. The number of carbonyl (C=O) groups excluding carboxylic acids is 4. The Kier molecular flexibility index (Phi) is 4.85. The summed E-state index contributed by atoms with van der Waals surface area (Å²) in [6.45, 7) is 1.04. The third-order valence-corrected chi connectivity index (χ3v) is 3.42. The second kappa shape index (κ2) is 6.66. The smallest absolute Gasteiger partial charge is 0.334 e. The molecular formula is C14H14ClN3O5. The van der Waals surface area contributed by atoms with E-state index in [0.29, 0.717) is 21.4 Å². The van der Waals surface area contributed by atoms with E-state index >= 15 is 0 Å². The molecule has 5 amide bonds. The Morgan fingerprint density at radius 3 is 2.43 bits per heavy atom. The molecule has 1 aliphatic rings. The number of halogens is 1. The monoisotopic (exact) mass is 339 g/mol. The zero-order chi connectivity index (χ0) is 17.1. The van der Waals surface area contributed by atoms with Crippen molar-refractivity contribution in [3.05, 3.63) is 23.2 Å². The third-order valence-electron chi connectivity index (χ3n) is 3.19. The topological polar surface area (TPSA) is 96.0 Å². The fourth-order valence-corrected chi connectivity index (χ4v) is 2.25. The summed E-state index contributed by atoms with van der Waals surface area (Å²) in [6, 6.07) is 3.80. The Labute approximate surface area is 136 Å². The lowest BCUT2D eigenvalue weighted by Crippen LogP contribution is -2.39. The molecule has 1 saturated heterocycles. The Morgan fingerprint density at radius 1 is 1.22 bits per heavy atom. The zero-order valence-electron chi connectivity index (χ0n) is 12.5. The van der Waals surface area contributed by atoms with E-state index in [4.69, 9.17) is 16.3 Å². The van der Waals surface area contributed by atoms with Gasteiger partial charge in [-0.3, -0.25) is 19.3 Å². The highest BCUT2D eigenvalue weighted by atomic mass is 35.5. The SMILES string of the molecule is CCN1C(=O)C(=O)N(CC(=O)Nc2cc(Cl)ccc2OC)C1=O. The van der Waals surface area contributed by atoms with Gasteiger partial charge in [0.05, 0.1) is 12.8 Å². The van der Waals surface area contributed by atoms with E-state index in [-0.39, 0.29) is 6.54 Å². The minimum atomic E-state index is -1.02. The number of carbonyl (C=O) groups is 4. The van der Waals surface area contributed by atoms with E-state index in [1.807, 2.05) is 0 Å². The second-order valence-electron chi connectivity index (χ2n) is 4.62. The summed E-state index contributed by atoms with van der Waals surface area (Å²) in [5.74, 6) is -2.25. The van der Waals surface area contributed by atoms with Gasteiger partial charge in [0, 0.05) is 11.6 Å². The first kappa shape index (κ1) is 16.8. The number of rotatable bonds is 5. The number of ether oxygens (including phenoxy) is 1. The lowest BCUT2D eigenvalue weighted by molar-refractivity contribution is -0.143. The maximum atomic E-state index is 12.1. The van der Waals surface area contributed by atoms with Crippen LogP contribution in [0, 0.1) is 0 Å². The summed E-state index contributed by atoms with van der Waals surface area (Å²) < 4.78 is 5.08. The number of hydrogen-bond donors (Lipinski definition) is 1. The van der Waals surface area contributed by atoms with E-state index in [1.54, 1.807) is 19.1 Å². The number of likely N-dealkylation sites (N-methyl/N-ethyl adjacent to an activating group) is 1. The Bertz CT molecular complexity index is 691. The average molecular weight is 340 g/mol. The highest BCUT2D eigenvalue weighted by Gasteiger charge is 2.44. The summed E-state index contributed by atoms with van der Waals surface area (Å²) >= 11 is 5.85. The van der Waals surface area contributed by atoms with Crippen LogP contribution in [-0.2, 0) is 14.4 Å². The molecule has 0 radical (unpaired) electrons. The number of methoxy groups -OCH3 is 1. The van der Waals surface area contributed by atoms with Gasteiger partial charge in [0.1, 0.15) is 12.3 Å². The number of benzene rings is 1. The van der Waals surface area contributed by atoms with Gasteiger partial charge in [0.15, 0.2) is 0 Å². The van der Waals surface area contributed by atoms with Crippen LogP contribution in [0.3, 0.4) is 0 Å². The minimum absolute atomic E-state index is 0.0592. The van der Waals surface area contributed by atoms with Crippen LogP contribution in [0.5, 0.6) is 5.75 Å². The number of hydrogen-bond acceptors (Lipinski definition) is 5. The molecule has 1 aromatic carbocycles. The van der Waals surface area contributed by atoms with E-state index < -0.39 is 30.3 Å². The van der Waals surface area contributed by atoms with Crippen molar-refractivity contribution >= 4 is 41.0 Å². The molecule has 0 bridgehead atoms. The zero-order valence-corrected chi connectivity index (χ0v) is 13.2. The number of imide groups is 2. The molecule has 0 unspecified atom stereocenters. The highest BCUT2D eigenvalue weighted by Crippen LogP contribution is 2.27. The van der Waals surface area contributed by atoms with Gasteiger partial charge in [-0.25, -0.2) is 9.69 Å². The number of urea groups is 1. The van der Waals surface area contributed by atoms with E-state index in [1.165, 1.54) is 13.2 Å². The molecule has 1 aromatic rings. The molecule has 8 nitrogen and oxygen atoms in total. The van der Waals surface area contributed by atoms with Crippen LogP contribution in [0.4, 0.5) is 10.5 Å². The van der Waals surface area contributed by atoms with Crippen LogP contribution in [0.15, 0.2) is 18.2 Å². The molecule has 0 aliphatic carbocycles. The molecule has 23 heavy (non-hydrogen) atoms. The lowest BCUT2D eigenvalue weighted by atomic mass is 10.3. The summed E-state index contributed by atoms with van der Waals surface area (Å²) in [4.78, 5) is 48.7. The van der Waals surface area contributed by atoms with Crippen molar-refractivity contribution in [2.75, 3.05) is 25.5 Å². The molecule has 0 spiro atoms. The molecule has 9 heteroatoms. The quantitative estimate of drug-likeness (QED) is 0.640. The van der Waals surface area contributed by atoms with Crippen molar-refractivity contribution in [1.29, 1.82) is 0 Å². The average Bonchev–Trinajstić information content (AvgIpc) is 2.71. The van der Waals surface area contributed by atoms with Crippen molar-refractivity contribution in [3.8, 4) is 5.75 Å². The first-order chi connectivity index (χ1) is 10.9. The van der Waals surface area contributed by atoms with E-state index in [9.17, 15) is 19.2 Å². The van der Waals surface area contributed by atoms with Crippen LogP contribution in [0.2, 0.25) is 5.02 Å². The van der Waals surface area contributed by atoms with Gasteiger partial charge in [0.2, 0.25) is 5.91 Å². The van der Waals surface area contributed by atoms with Crippen LogP contribution in [0.25, 0.3) is 0 Å². The first-order valence-corrected chi connectivity index (χ1v) is 7.07. The normalized spacial score (nSPS) is 14.5. The van der Waals surface area contributed by atoms with Crippen LogP contribution >= 0.6 is 11.6 Å². The van der Waals surface area contributed by atoms with Gasteiger partial charge in [-0.05, 0) is 25.1 Å². The van der Waals surface area contributed by atoms with Gasteiger partial charge < -0.3 is 10.1 Å².